The highest BCUT2D eigenvalue weighted by Crippen LogP contribution is 2.25. The van der Waals surface area contributed by atoms with Crippen LogP contribution in [0.1, 0.15) is 48.0 Å². The molecule has 0 aliphatic heterocycles. The van der Waals surface area contributed by atoms with Crippen molar-refractivity contribution >= 4 is 75.3 Å². The lowest BCUT2D eigenvalue weighted by molar-refractivity contribution is -0.143. The largest absolute Gasteiger partial charge is 0.504 e. The number of phenols is 2. The van der Waals surface area contributed by atoms with Crippen LogP contribution in [-0.2, 0) is 43.6 Å². The maximum absolute atomic E-state index is 13.4. The predicted octanol–water partition coefficient (Wildman–Crippen LogP) is -0.130. The van der Waals surface area contributed by atoms with Crippen LogP contribution in [0.25, 0.3) is 6.08 Å². The van der Waals surface area contributed by atoms with E-state index in [1.165, 1.54) is 62.5 Å². The first-order chi connectivity index (χ1) is 29.8. The van der Waals surface area contributed by atoms with Crippen molar-refractivity contribution < 1.29 is 66.5 Å². The van der Waals surface area contributed by atoms with E-state index in [4.69, 9.17) is 9.29 Å². The van der Waals surface area contributed by atoms with Crippen molar-refractivity contribution in [3.05, 3.63) is 53.7 Å². The molecule has 21 nitrogen and oxygen atoms in total. The molecule has 0 spiro atoms. The SMILES string of the molecule is COC(=O)c1ccc(SC[C@H](NC(O)CCNC(=O)[C@H](CCCCNC(=O)[C@H](CSCCN(C)C)NC(=O)CCS(=O)(=O)O)NC(=O)/C=C/c2ccc(O)c(O)c2)C(=O)OC)nc1. The molecule has 1 aromatic carbocycles. The third-order valence-corrected chi connectivity index (χ3v) is 11.4. The van der Waals surface area contributed by atoms with E-state index >= 15 is 0 Å². The van der Waals surface area contributed by atoms with E-state index in [1.54, 1.807) is 6.07 Å². The van der Waals surface area contributed by atoms with E-state index in [2.05, 4.69) is 36.3 Å². The Labute approximate surface area is 374 Å². The van der Waals surface area contributed by atoms with Crippen molar-refractivity contribution in [3.63, 3.8) is 0 Å². The normalized spacial score (nSPS) is 13.4. The molecule has 0 radical (unpaired) electrons. The van der Waals surface area contributed by atoms with Gasteiger partial charge in [0.2, 0.25) is 23.6 Å². The number of carbonyl (C=O) groups excluding carboxylic acids is 6. The van der Waals surface area contributed by atoms with E-state index < -0.39 is 88.0 Å². The molecule has 2 aromatic rings. The van der Waals surface area contributed by atoms with Crippen LogP contribution in [0.3, 0.4) is 0 Å². The number of phenolic OH excluding ortho intramolecular Hbond substituents is 2. The molecule has 1 unspecified atom stereocenters. The summed E-state index contributed by atoms with van der Waals surface area (Å²) in [5.41, 5.74) is 0.632. The lowest BCUT2D eigenvalue weighted by atomic mass is 10.1. The number of hydrogen-bond donors (Lipinski definition) is 9. The maximum atomic E-state index is 13.4. The lowest BCUT2D eigenvalue weighted by Gasteiger charge is -2.22. The zero-order valence-electron chi connectivity index (χ0n) is 35.4. The van der Waals surface area contributed by atoms with Crippen LogP contribution < -0.4 is 26.6 Å². The topological polar surface area (TPSA) is 312 Å². The van der Waals surface area contributed by atoms with Gasteiger partial charge in [-0.3, -0.25) is 33.8 Å². The van der Waals surface area contributed by atoms with E-state index in [0.717, 1.165) is 17.8 Å². The van der Waals surface area contributed by atoms with Crippen molar-refractivity contribution in [3.8, 4) is 11.5 Å². The minimum atomic E-state index is -4.39. The van der Waals surface area contributed by atoms with E-state index in [0.29, 0.717) is 35.7 Å². The van der Waals surface area contributed by atoms with Crippen LogP contribution in [0.5, 0.6) is 11.5 Å². The van der Waals surface area contributed by atoms with Gasteiger partial charge in [-0.05, 0) is 69.3 Å². The first kappa shape index (κ1) is 54.2. The van der Waals surface area contributed by atoms with Crippen molar-refractivity contribution in [1.29, 1.82) is 0 Å². The number of hydrogen-bond acceptors (Lipinski definition) is 18. The predicted molar refractivity (Wildman–Crippen MR) is 235 cm³/mol. The molecule has 1 heterocycles. The van der Waals surface area contributed by atoms with Gasteiger partial charge in [0.1, 0.15) is 24.4 Å². The van der Waals surface area contributed by atoms with Crippen molar-refractivity contribution in [2.75, 3.05) is 71.0 Å². The van der Waals surface area contributed by atoms with Gasteiger partial charge in [0, 0.05) is 62.0 Å². The van der Waals surface area contributed by atoms with Gasteiger partial charge in [0.15, 0.2) is 11.5 Å². The van der Waals surface area contributed by atoms with E-state index in [9.17, 15) is 52.5 Å². The fraction of sp³-hybridized carbons (Fsp3) is 0.513. The van der Waals surface area contributed by atoms with Gasteiger partial charge >= 0.3 is 11.9 Å². The number of methoxy groups -OCH3 is 2. The molecule has 0 aliphatic rings. The molecule has 63 heavy (non-hydrogen) atoms. The third kappa shape index (κ3) is 22.8. The number of benzene rings is 1. The van der Waals surface area contributed by atoms with Crippen LogP contribution in [-0.4, -0.2) is 169 Å². The third-order valence-electron chi connectivity index (χ3n) is 8.64. The highest BCUT2D eigenvalue weighted by Gasteiger charge is 2.25. The minimum absolute atomic E-state index is 0.0616. The number of nitrogens with one attached hydrogen (secondary N) is 5. The van der Waals surface area contributed by atoms with Gasteiger partial charge in [-0.15, -0.1) is 11.8 Å². The number of aliphatic hydroxyl groups is 1. The number of ether oxygens (including phenoxy) is 2. The Bertz CT molecular complexity index is 1960. The number of rotatable bonds is 29. The molecule has 1 aromatic heterocycles. The quantitative estimate of drug-likeness (QED) is 0.00976. The number of aromatic nitrogens is 1. The second kappa shape index (κ2) is 28.7. The molecule has 24 heteroatoms. The summed E-state index contributed by atoms with van der Waals surface area (Å²) in [5, 5.41) is 43.9. The zero-order valence-corrected chi connectivity index (χ0v) is 37.9. The summed E-state index contributed by atoms with van der Waals surface area (Å²) in [5.74, 6) is -4.34. The van der Waals surface area contributed by atoms with Crippen LogP contribution in [0.15, 0.2) is 47.6 Å². The van der Waals surface area contributed by atoms with Gasteiger partial charge in [-0.1, -0.05) is 6.07 Å². The monoisotopic (exact) mass is 943 g/mol. The first-order valence-electron chi connectivity index (χ1n) is 19.5. The number of amides is 4. The Morgan fingerprint density at radius 3 is 2.22 bits per heavy atom. The number of pyridine rings is 1. The Balaban J connectivity index is 2.03. The standard InChI is InChI=1S/C39H57N7O14S3/c1-46(2)18-19-61-23-28(44-34(51)15-20-63(56,57)58)37(53)40-16-6-5-7-27(43-32(49)12-9-25-8-11-30(47)31(48)21-25)36(52)41-17-14-33(50)45-29(39(55)60-4)24-62-35-13-10-26(22-42-35)38(54)59-3/h8-13,21-22,27-29,33,45,47-48,50H,5-7,14-20,23-24H2,1-4H3,(H,40,53)(H,41,52)(H,43,49)(H,44,51)(H,56,57,58)/b12-9+/t27-,28-,29-,33?/m0/s1. The number of carbonyl (C=O) groups is 6. The fourth-order valence-corrected chi connectivity index (χ4v) is 7.64. The minimum Gasteiger partial charge on any atom is -0.504 e. The van der Waals surface area contributed by atoms with Crippen LogP contribution in [0.2, 0.25) is 0 Å². The first-order valence-corrected chi connectivity index (χ1v) is 23.3. The summed E-state index contributed by atoms with van der Waals surface area (Å²) in [6.45, 7) is 0.747. The number of esters is 2. The van der Waals surface area contributed by atoms with Gasteiger partial charge in [0.05, 0.1) is 30.6 Å². The number of aromatic hydroxyl groups is 2. The average molecular weight is 944 g/mol. The number of nitrogens with zero attached hydrogens (tertiary/aromatic N) is 2. The van der Waals surface area contributed by atoms with Gasteiger partial charge in [0.25, 0.3) is 10.1 Å². The molecular formula is C39H57N7O14S3. The maximum Gasteiger partial charge on any atom is 0.339 e. The molecule has 0 bridgehead atoms. The summed E-state index contributed by atoms with van der Waals surface area (Å²) >= 11 is 2.57. The van der Waals surface area contributed by atoms with Crippen LogP contribution >= 0.6 is 23.5 Å². The number of unbranched alkanes of at least 4 members (excludes halogenated alkanes) is 1. The molecule has 9 N–H and O–H groups in total. The molecular weight excluding hydrogens is 887 g/mol. The summed E-state index contributed by atoms with van der Waals surface area (Å²) in [6.07, 6.45) is 2.71. The highest BCUT2D eigenvalue weighted by molar-refractivity contribution is 7.99. The van der Waals surface area contributed by atoms with E-state index in [-0.39, 0.29) is 48.7 Å². The summed E-state index contributed by atoms with van der Waals surface area (Å²) < 4.78 is 40.7. The van der Waals surface area contributed by atoms with Crippen molar-refractivity contribution in [1.82, 2.24) is 36.5 Å². The summed E-state index contributed by atoms with van der Waals surface area (Å²) in [6, 6.07) is 3.95. The van der Waals surface area contributed by atoms with Crippen LogP contribution in [0, 0.1) is 0 Å². The Morgan fingerprint density at radius 2 is 1.59 bits per heavy atom. The summed E-state index contributed by atoms with van der Waals surface area (Å²) in [4.78, 5) is 82.1. The number of thioether (sulfide) groups is 2. The molecule has 0 aliphatic carbocycles. The van der Waals surface area contributed by atoms with Gasteiger partial charge in [-0.25, -0.2) is 9.78 Å². The fourth-order valence-electron chi connectivity index (χ4n) is 5.20. The second-order valence-electron chi connectivity index (χ2n) is 14.0. The molecule has 0 fully saturated rings. The van der Waals surface area contributed by atoms with Crippen molar-refractivity contribution in [2.24, 2.45) is 0 Å². The smallest absolute Gasteiger partial charge is 0.339 e. The molecule has 350 valence electrons. The van der Waals surface area contributed by atoms with Crippen LogP contribution in [0.4, 0.5) is 0 Å². The second-order valence-corrected chi connectivity index (χ2v) is 17.8. The highest BCUT2D eigenvalue weighted by atomic mass is 32.2. The molecule has 0 saturated carbocycles. The molecule has 2 rings (SSSR count). The average Bonchev–Trinajstić information content (AvgIpc) is 3.24. The Hall–Kier alpha value is -4.98. The van der Waals surface area contributed by atoms with Crippen molar-refractivity contribution in [2.45, 2.75) is 61.5 Å². The number of aliphatic hydroxyl groups excluding tert-OH is 1. The molecule has 4 amide bonds. The Morgan fingerprint density at radius 1 is 0.873 bits per heavy atom. The zero-order chi connectivity index (χ0) is 47.0. The van der Waals surface area contributed by atoms with Gasteiger partial charge in [-0.2, -0.15) is 20.2 Å². The van der Waals surface area contributed by atoms with Gasteiger partial charge < -0.3 is 51.0 Å². The molecule has 0 saturated heterocycles. The lowest BCUT2D eigenvalue weighted by Crippen LogP contribution is -2.49. The summed E-state index contributed by atoms with van der Waals surface area (Å²) in [7, 11) is 1.81. The van der Waals surface area contributed by atoms with E-state index in [1.807, 2.05) is 19.0 Å². The molecule has 4 atom stereocenters. The Kier molecular flexibility index (Phi) is 24.6.